The monoisotopic (exact) mass is 180 g/mol. The zero-order valence-corrected chi connectivity index (χ0v) is 8.55. The van der Waals surface area contributed by atoms with Gasteiger partial charge in [-0.05, 0) is 36.0 Å². The molecule has 0 aliphatic carbocycles. The maximum atomic E-state index is 12.6. The fourth-order valence-corrected chi connectivity index (χ4v) is 1.63. The van der Waals surface area contributed by atoms with Gasteiger partial charge in [0.05, 0.1) is 0 Å². The minimum atomic E-state index is -0.152. The zero-order chi connectivity index (χ0) is 9.84. The molecule has 0 heterocycles. The number of hydrogen-bond donors (Lipinski definition) is 0. The maximum absolute atomic E-state index is 12.6. The molecule has 0 aromatic heterocycles. The predicted molar refractivity (Wildman–Crippen MR) is 54.3 cm³/mol. The van der Waals surface area contributed by atoms with Gasteiger partial charge in [0.15, 0.2) is 0 Å². The predicted octanol–water partition coefficient (Wildman–Crippen LogP) is 3.98. The van der Waals surface area contributed by atoms with Crippen LogP contribution in [0.25, 0.3) is 0 Å². The van der Waals surface area contributed by atoms with E-state index in [4.69, 9.17) is 0 Å². The highest BCUT2D eigenvalue weighted by Crippen LogP contribution is 2.22. The Bertz CT molecular complexity index is 248. The smallest absolute Gasteiger partial charge is 0.123 e. The molecule has 0 unspecified atom stereocenters. The highest BCUT2D eigenvalue weighted by Gasteiger charge is 2.07. The molecule has 1 rings (SSSR count). The van der Waals surface area contributed by atoms with Gasteiger partial charge in [-0.15, -0.1) is 0 Å². The topological polar surface area (TPSA) is 0 Å². The minimum absolute atomic E-state index is 0.152. The van der Waals surface area contributed by atoms with Crippen LogP contribution in [-0.4, -0.2) is 0 Å². The third-order valence-electron chi connectivity index (χ3n) is 2.26. The third kappa shape index (κ3) is 3.17. The van der Waals surface area contributed by atoms with E-state index in [1.807, 2.05) is 12.1 Å². The summed E-state index contributed by atoms with van der Waals surface area (Å²) in [5.74, 6) is 1.07. The van der Waals surface area contributed by atoms with Gasteiger partial charge < -0.3 is 0 Å². The van der Waals surface area contributed by atoms with Gasteiger partial charge >= 0.3 is 0 Å². The first-order valence-corrected chi connectivity index (χ1v) is 4.85. The van der Waals surface area contributed by atoms with E-state index in [2.05, 4.69) is 20.8 Å². The van der Waals surface area contributed by atoms with E-state index >= 15 is 0 Å². The molecule has 1 atom stereocenters. The Hall–Kier alpha value is -0.850. The summed E-state index contributed by atoms with van der Waals surface area (Å²) in [7, 11) is 0. The lowest BCUT2D eigenvalue weighted by Gasteiger charge is -2.13. The molecule has 13 heavy (non-hydrogen) atoms. The van der Waals surface area contributed by atoms with Gasteiger partial charge in [-0.25, -0.2) is 4.39 Å². The van der Waals surface area contributed by atoms with Crippen LogP contribution in [0, 0.1) is 11.7 Å². The summed E-state index contributed by atoms with van der Waals surface area (Å²) in [6, 6.07) is 6.82. The highest BCUT2D eigenvalue weighted by molar-refractivity contribution is 5.19. The lowest BCUT2D eigenvalue weighted by atomic mass is 9.92. The molecule has 72 valence electrons. The van der Waals surface area contributed by atoms with Crippen molar-refractivity contribution in [2.75, 3.05) is 0 Å². The second-order valence-corrected chi connectivity index (χ2v) is 4.08. The molecule has 0 radical (unpaired) electrons. The van der Waals surface area contributed by atoms with Crippen molar-refractivity contribution in [2.45, 2.75) is 33.1 Å². The molecule has 0 saturated carbocycles. The largest absolute Gasteiger partial charge is 0.207 e. The summed E-state index contributed by atoms with van der Waals surface area (Å²) >= 11 is 0. The number of benzene rings is 1. The van der Waals surface area contributed by atoms with Gasteiger partial charge in [-0.3, -0.25) is 0 Å². The maximum Gasteiger partial charge on any atom is 0.123 e. The molecule has 0 aliphatic heterocycles. The van der Waals surface area contributed by atoms with Crippen LogP contribution in [0.5, 0.6) is 0 Å². The van der Waals surface area contributed by atoms with Crippen LogP contribution in [0.1, 0.15) is 38.7 Å². The molecule has 0 amide bonds. The van der Waals surface area contributed by atoms with Crippen molar-refractivity contribution in [3.63, 3.8) is 0 Å². The average molecular weight is 180 g/mol. The molecule has 0 bridgehead atoms. The molecular formula is C12H17F. The quantitative estimate of drug-likeness (QED) is 0.660. The van der Waals surface area contributed by atoms with Crippen LogP contribution < -0.4 is 0 Å². The summed E-state index contributed by atoms with van der Waals surface area (Å²) in [4.78, 5) is 0. The third-order valence-corrected chi connectivity index (χ3v) is 2.26. The van der Waals surface area contributed by atoms with E-state index in [1.165, 1.54) is 17.7 Å². The average Bonchev–Trinajstić information content (AvgIpc) is 2.04. The van der Waals surface area contributed by atoms with Crippen LogP contribution in [-0.2, 0) is 0 Å². The van der Waals surface area contributed by atoms with Crippen molar-refractivity contribution in [3.05, 3.63) is 35.6 Å². The molecular weight excluding hydrogens is 163 g/mol. The van der Waals surface area contributed by atoms with Crippen molar-refractivity contribution < 1.29 is 4.39 Å². The highest BCUT2D eigenvalue weighted by atomic mass is 19.1. The molecule has 1 aromatic carbocycles. The van der Waals surface area contributed by atoms with Crippen LogP contribution in [0.4, 0.5) is 4.39 Å². The summed E-state index contributed by atoms with van der Waals surface area (Å²) in [5, 5.41) is 0. The van der Waals surface area contributed by atoms with Crippen LogP contribution >= 0.6 is 0 Å². The normalized spacial score (nSPS) is 13.3. The van der Waals surface area contributed by atoms with E-state index in [9.17, 15) is 4.39 Å². The Morgan fingerprint density at radius 1 is 1.08 bits per heavy atom. The Morgan fingerprint density at radius 2 is 1.62 bits per heavy atom. The van der Waals surface area contributed by atoms with E-state index in [0.29, 0.717) is 11.8 Å². The molecule has 0 spiro atoms. The van der Waals surface area contributed by atoms with Crippen LogP contribution in [0.2, 0.25) is 0 Å². The van der Waals surface area contributed by atoms with E-state index < -0.39 is 0 Å². The molecule has 0 nitrogen and oxygen atoms in total. The van der Waals surface area contributed by atoms with Gasteiger partial charge in [0.25, 0.3) is 0 Å². The summed E-state index contributed by atoms with van der Waals surface area (Å²) in [6.45, 7) is 6.60. The van der Waals surface area contributed by atoms with Crippen molar-refractivity contribution >= 4 is 0 Å². The Labute approximate surface area is 79.8 Å². The lowest BCUT2D eigenvalue weighted by molar-refractivity contribution is 0.523. The number of rotatable bonds is 3. The summed E-state index contributed by atoms with van der Waals surface area (Å²) in [6.07, 6.45) is 1.16. The molecule has 1 aromatic rings. The molecule has 0 saturated heterocycles. The van der Waals surface area contributed by atoms with Gasteiger partial charge in [-0.1, -0.05) is 32.9 Å². The van der Waals surface area contributed by atoms with Crippen molar-refractivity contribution in [1.29, 1.82) is 0 Å². The van der Waals surface area contributed by atoms with E-state index in [0.717, 1.165) is 6.42 Å². The fraction of sp³-hybridized carbons (Fsp3) is 0.500. The minimum Gasteiger partial charge on any atom is -0.207 e. The van der Waals surface area contributed by atoms with Crippen molar-refractivity contribution in [2.24, 2.45) is 5.92 Å². The molecule has 0 aliphatic rings. The van der Waals surface area contributed by atoms with E-state index in [-0.39, 0.29) is 5.82 Å². The van der Waals surface area contributed by atoms with Crippen LogP contribution in [0.3, 0.4) is 0 Å². The zero-order valence-electron chi connectivity index (χ0n) is 8.55. The second kappa shape index (κ2) is 4.40. The molecule has 0 N–H and O–H groups in total. The summed E-state index contributed by atoms with van der Waals surface area (Å²) in [5.41, 5.74) is 1.23. The van der Waals surface area contributed by atoms with Crippen molar-refractivity contribution in [3.8, 4) is 0 Å². The first-order valence-electron chi connectivity index (χ1n) is 4.85. The van der Waals surface area contributed by atoms with Crippen molar-refractivity contribution in [1.82, 2.24) is 0 Å². The SMILES string of the molecule is CC(C)C[C@H](C)c1ccc(F)cc1. The fourth-order valence-electron chi connectivity index (χ4n) is 1.63. The Balaban J connectivity index is 2.66. The molecule has 1 heteroatoms. The van der Waals surface area contributed by atoms with E-state index in [1.54, 1.807) is 0 Å². The number of hydrogen-bond acceptors (Lipinski definition) is 0. The standard InChI is InChI=1S/C12H17F/c1-9(2)8-10(3)11-4-6-12(13)7-5-11/h4-7,9-10H,8H2,1-3H3/t10-/m0/s1. The van der Waals surface area contributed by atoms with Gasteiger partial charge in [-0.2, -0.15) is 0 Å². The lowest BCUT2D eigenvalue weighted by Crippen LogP contribution is -1.98. The molecule has 0 fully saturated rings. The first-order chi connectivity index (χ1) is 6.09. The first kappa shape index (κ1) is 10.2. The van der Waals surface area contributed by atoms with Gasteiger partial charge in [0, 0.05) is 0 Å². The van der Waals surface area contributed by atoms with Gasteiger partial charge in [0.1, 0.15) is 5.82 Å². The Kier molecular flexibility index (Phi) is 3.47. The van der Waals surface area contributed by atoms with Gasteiger partial charge in [0.2, 0.25) is 0 Å². The summed E-state index contributed by atoms with van der Waals surface area (Å²) < 4.78 is 12.6. The Morgan fingerprint density at radius 3 is 2.08 bits per heavy atom. The second-order valence-electron chi connectivity index (χ2n) is 4.08. The van der Waals surface area contributed by atoms with Crippen LogP contribution in [0.15, 0.2) is 24.3 Å². The number of halogens is 1.